The Morgan fingerprint density at radius 3 is 2.77 bits per heavy atom. The van der Waals surface area contributed by atoms with Gasteiger partial charge in [-0.1, -0.05) is 13.0 Å². The molecule has 0 aliphatic rings. The maximum absolute atomic E-state index is 11.7. The molecule has 0 radical (unpaired) electrons. The summed E-state index contributed by atoms with van der Waals surface area (Å²) in [5.41, 5.74) is 7.42. The quantitative estimate of drug-likeness (QED) is 0.570. The lowest BCUT2D eigenvalue weighted by Crippen LogP contribution is -2.30. The second kappa shape index (κ2) is 9.10. The number of hydrogen-bond donors (Lipinski definition) is 2. The van der Waals surface area contributed by atoms with Crippen molar-refractivity contribution in [2.45, 2.75) is 26.3 Å². The van der Waals surface area contributed by atoms with Gasteiger partial charge < -0.3 is 20.7 Å². The molecule has 0 aliphatic carbocycles. The van der Waals surface area contributed by atoms with E-state index in [-0.39, 0.29) is 11.9 Å². The summed E-state index contributed by atoms with van der Waals surface area (Å²) in [6.07, 6.45) is 4.18. The summed E-state index contributed by atoms with van der Waals surface area (Å²) in [5.74, 6) is 0.572. The van der Waals surface area contributed by atoms with Gasteiger partial charge in [-0.15, -0.1) is 0 Å². The predicted octanol–water partition coefficient (Wildman–Crippen LogP) is 2.14. The number of ether oxygens (including phenoxy) is 1. The SMILES string of the molecule is CCC(C)NC(=O)/C=C\c1ccc(OCCN(C)C)c(N)c1. The molecule has 1 aromatic rings. The van der Waals surface area contributed by atoms with Crippen LogP contribution in [0, 0.1) is 0 Å². The zero-order chi connectivity index (χ0) is 16.5. The minimum absolute atomic E-state index is 0.0979. The summed E-state index contributed by atoms with van der Waals surface area (Å²) in [4.78, 5) is 13.7. The number of nitrogen functional groups attached to an aromatic ring is 1. The van der Waals surface area contributed by atoms with Crippen molar-refractivity contribution < 1.29 is 9.53 Å². The van der Waals surface area contributed by atoms with Gasteiger partial charge in [0.25, 0.3) is 0 Å². The Kier molecular flexibility index (Phi) is 7.46. The molecule has 3 N–H and O–H groups in total. The molecule has 0 saturated heterocycles. The number of anilines is 1. The number of benzene rings is 1. The normalized spacial score (nSPS) is 12.6. The molecule has 0 heterocycles. The van der Waals surface area contributed by atoms with Crippen molar-refractivity contribution in [1.29, 1.82) is 0 Å². The molecule has 5 heteroatoms. The number of hydrogen-bond acceptors (Lipinski definition) is 4. The molecule has 1 rings (SSSR count). The van der Waals surface area contributed by atoms with E-state index in [0.717, 1.165) is 18.5 Å². The number of amides is 1. The van der Waals surface area contributed by atoms with Crippen molar-refractivity contribution >= 4 is 17.7 Å². The highest BCUT2D eigenvalue weighted by Gasteiger charge is 2.03. The molecule has 0 aromatic heterocycles. The molecule has 0 saturated carbocycles. The van der Waals surface area contributed by atoms with Crippen LogP contribution >= 0.6 is 0 Å². The number of nitrogens with one attached hydrogen (secondary N) is 1. The highest BCUT2D eigenvalue weighted by atomic mass is 16.5. The summed E-state index contributed by atoms with van der Waals surface area (Å²) in [6.45, 7) is 5.43. The van der Waals surface area contributed by atoms with Gasteiger partial charge in [0.2, 0.25) is 5.91 Å². The number of nitrogens with zero attached hydrogens (tertiary/aromatic N) is 1. The molecule has 5 nitrogen and oxygen atoms in total. The van der Waals surface area contributed by atoms with E-state index in [0.29, 0.717) is 18.0 Å². The van der Waals surface area contributed by atoms with Gasteiger partial charge in [-0.25, -0.2) is 0 Å². The average Bonchev–Trinajstić information content (AvgIpc) is 2.46. The summed E-state index contributed by atoms with van der Waals surface area (Å²) in [5, 5.41) is 2.88. The van der Waals surface area contributed by atoms with Crippen molar-refractivity contribution in [2.24, 2.45) is 0 Å². The van der Waals surface area contributed by atoms with Crippen LogP contribution in [-0.4, -0.2) is 44.1 Å². The smallest absolute Gasteiger partial charge is 0.244 e. The molecule has 0 aliphatic heterocycles. The molecule has 0 fully saturated rings. The number of rotatable bonds is 8. The van der Waals surface area contributed by atoms with E-state index >= 15 is 0 Å². The van der Waals surface area contributed by atoms with E-state index in [9.17, 15) is 4.79 Å². The van der Waals surface area contributed by atoms with Gasteiger partial charge in [0.15, 0.2) is 0 Å². The van der Waals surface area contributed by atoms with Crippen LogP contribution in [0.15, 0.2) is 24.3 Å². The first kappa shape index (κ1) is 18.0. The van der Waals surface area contributed by atoms with Crippen LogP contribution < -0.4 is 15.8 Å². The fourth-order valence-electron chi connectivity index (χ4n) is 1.71. The summed E-state index contributed by atoms with van der Waals surface area (Å²) < 4.78 is 5.63. The van der Waals surface area contributed by atoms with Gasteiger partial charge in [-0.05, 0) is 51.2 Å². The Bertz CT molecular complexity index is 513. The number of carbonyl (C=O) groups excluding carboxylic acids is 1. The van der Waals surface area contributed by atoms with Crippen molar-refractivity contribution in [3.63, 3.8) is 0 Å². The maximum Gasteiger partial charge on any atom is 0.244 e. The third-order valence-electron chi connectivity index (χ3n) is 3.26. The molecule has 1 aromatic carbocycles. The lowest BCUT2D eigenvalue weighted by Gasteiger charge is -2.12. The minimum Gasteiger partial charge on any atom is -0.490 e. The minimum atomic E-state index is -0.0979. The van der Waals surface area contributed by atoms with Crippen LogP contribution in [0.2, 0.25) is 0 Å². The molecule has 0 bridgehead atoms. The Morgan fingerprint density at radius 1 is 1.45 bits per heavy atom. The van der Waals surface area contributed by atoms with Crippen molar-refractivity contribution in [3.8, 4) is 5.75 Å². The third kappa shape index (κ3) is 6.63. The topological polar surface area (TPSA) is 67.6 Å². The Labute approximate surface area is 133 Å². The molecule has 22 heavy (non-hydrogen) atoms. The predicted molar refractivity (Wildman–Crippen MR) is 91.8 cm³/mol. The fraction of sp³-hybridized carbons (Fsp3) is 0.471. The van der Waals surface area contributed by atoms with Crippen molar-refractivity contribution in [3.05, 3.63) is 29.8 Å². The van der Waals surface area contributed by atoms with Crippen LogP contribution in [-0.2, 0) is 4.79 Å². The second-order valence-electron chi connectivity index (χ2n) is 5.60. The Morgan fingerprint density at radius 2 is 2.18 bits per heavy atom. The van der Waals surface area contributed by atoms with Crippen LogP contribution in [0.25, 0.3) is 6.08 Å². The number of likely N-dealkylation sites (N-methyl/N-ethyl adjacent to an activating group) is 1. The molecule has 1 amide bonds. The first-order chi connectivity index (χ1) is 10.4. The number of carbonyl (C=O) groups is 1. The largest absolute Gasteiger partial charge is 0.490 e. The molecule has 122 valence electrons. The van der Waals surface area contributed by atoms with Crippen LogP contribution in [0.4, 0.5) is 5.69 Å². The van der Waals surface area contributed by atoms with E-state index in [2.05, 4.69) is 5.32 Å². The lowest BCUT2D eigenvalue weighted by molar-refractivity contribution is -0.117. The van der Waals surface area contributed by atoms with Crippen LogP contribution in [0.5, 0.6) is 5.75 Å². The van der Waals surface area contributed by atoms with Gasteiger partial charge in [0.05, 0.1) is 5.69 Å². The number of nitrogens with two attached hydrogens (primary N) is 1. The van der Waals surface area contributed by atoms with Gasteiger partial charge in [-0.2, -0.15) is 0 Å². The molecule has 1 unspecified atom stereocenters. The van der Waals surface area contributed by atoms with E-state index in [1.54, 1.807) is 12.1 Å². The standard InChI is InChI=1S/C17H27N3O2/c1-5-13(2)19-17(21)9-7-14-6-8-16(15(18)12-14)22-11-10-20(3)4/h6-9,12-13H,5,10-11,18H2,1-4H3,(H,19,21)/b9-7-. The van der Waals surface area contributed by atoms with E-state index < -0.39 is 0 Å². The fourth-order valence-corrected chi connectivity index (χ4v) is 1.71. The second-order valence-corrected chi connectivity index (χ2v) is 5.60. The van der Waals surface area contributed by atoms with E-state index in [1.807, 2.05) is 45.0 Å². The van der Waals surface area contributed by atoms with Crippen LogP contribution in [0.3, 0.4) is 0 Å². The summed E-state index contributed by atoms with van der Waals surface area (Å²) in [7, 11) is 3.98. The van der Waals surface area contributed by atoms with Gasteiger partial charge in [0, 0.05) is 18.7 Å². The molecule has 0 spiro atoms. The molecular formula is C17H27N3O2. The molecular weight excluding hydrogens is 278 g/mol. The first-order valence-electron chi connectivity index (χ1n) is 7.58. The monoisotopic (exact) mass is 305 g/mol. The maximum atomic E-state index is 11.7. The summed E-state index contributed by atoms with van der Waals surface area (Å²) >= 11 is 0. The highest BCUT2D eigenvalue weighted by molar-refractivity contribution is 5.92. The van der Waals surface area contributed by atoms with Crippen LogP contribution in [0.1, 0.15) is 25.8 Å². The van der Waals surface area contributed by atoms with Crippen molar-refractivity contribution in [1.82, 2.24) is 10.2 Å². The average molecular weight is 305 g/mol. The highest BCUT2D eigenvalue weighted by Crippen LogP contribution is 2.23. The van der Waals surface area contributed by atoms with Gasteiger partial charge in [-0.3, -0.25) is 4.79 Å². The zero-order valence-electron chi connectivity index (χ0n) is 13.9. The molecule has 1 atom stereocenters. The van der Waals surface area contributed by atoms with E-state index in [4.69, 9.17) is 10.5 Å². The van der Waals surface area contributed by atoms with Gasteiger partial charge >= 0.3 is 0 Å². The van der Waals surface area contributed by atoms with Crippen molar-refractivity contribution in [2.75, 3.05) is 33.0 Å². The Hall–Kier alpha value is -2.01. The van der Waals surface area contributed by atoms with Gasteiger partial charge in [0.1, 0.15) is 12.4 Å². The Balaban J connectivity index is 2.59. The first-order valence-corrected chi connectivity index (χ1v) is 7.58. The lowest BCUT2D eigenvalue weighted by atomic mass is 10.1. The van der Waals surface area contributed by atoms with E-state index in [1.165, 1.54) is 6.08 Å². The third-order valence-corrected chi connectivity index (χ3v) is 3.26. The summed E-state index contributed by atoms with van der Waals surface area (Å²) in [6, 6.07) is 5.69. The zero-order valence-corrected chi connectivity index (χ0v) is 13.9.